The van der Waals surface area contributed by atoms with Crippen LogP contribution in [0.1, 0.15) is 21.5 Å². The van der Waals surface area contributed by atoms with Gasteiger partial charge >= 0.3 is 0 Å². The van der Waals surface area contributed by atoms with Crippen LogP contribution >= 0.6 is 11.6 Å². The molecule has 0 saturated heterocycles. The zero-order valence-electron chi connectivity index (χ0n) is 9.51. The fraction of sp³-hybridized carbons (Fsp3) is 0.0714. The largest absolute Gasteiger partial charge is 0.289 e. The number of aryl methyl sites for hydroxylation is 1. The lowest BCUT2D eigenvalue weighted by Gasteiger charge is -2.06. The highest BCUT2D eigenvalue weighted by atomic mass is 35.5. The number of hydrogen-bond acceptors (Lipinski definition) is 1. The molecule has 0 aromatic heterocycles. The third-order valence-corrected chi connectivity index (χ3v) is 3.06. The van der Waals surface area contributed by atoms with E-state index in [1.54, 1.807) is 19.1 Å². The van der Waals surface area contributed by atoms with Crippen molar-refractivity contribution >= 4 is 17.4 Å². The highest BCUT2D eigenvalue weighted by Crippen LogP contribution is 2.23. The van der Waals surface area contributed by atoms with Crippen LogP contribution in [0.25, 0.3) is 0 Å². The first-order valence-electron chi connectivity index (χ1n) is 5.25. The number of rotatable bonds is 2. The molecule has 0 heterocycles. The molecule has 0 fully saturated rings. The molecule has 4 heteroatoms. The molecule has 18 heavy (non-hydrogen) atoms. The molecule has 0 unspecified atom stereocenters. The van der Waals surface area contributed by atoms with E-state index in [1.165, 1.54) is 6.07 Å². The molecule has 0 aliphatic carbocycles. The van der Waals surface area contributed by atoms with Crippen molar-refractivity contribution in [1.29, 1.82) is 0 Å². The summed E-state index contributed by atoms with van der Waals surface area (Å²) in [5.74, 6) is -2.08. The topological polar surface area (TPSA) is 17.1 Å². The maximum absolute atomic E-state index is 13.1. The Morgan fingerprint density at radius 3 is 2.33 bits per heavy atom. The summed E-state index contributed by atoms with van der Waals surface area (Å²) >= 11 is 6.01. The molecule has 0 bridgehead atoms. The molecule has 2 aromatic rings. The summed E-state index contributed by atoms with van der Waals surface area (Å²) in [5.41, 5.74) is 0.918. The molecule has 0 amide bonds. The van der Waals surface area contributed by atoms with Crippen molar-refractivity contribution in [2.24, 2.45) is 0 Å². The summed E-state index contributed by atoms with van der Waals surface area (Å²) in [6.45, 7) is 1.76. The lowest BCUT2D eigenvalue weighted by atomic mass is 10.0. The van der Waals surface area contributed by atoms with Crippen LogP contribution < -0.4 is 0 Å². The van der Waals surface area contributed by atoms with Crippen LogP contribution in [0, 0.1) is 18.6 Å². The second-order valence-corrected chi connectivity index (χ2v) is 4.30. The lowest BCUT2D eigenvalue weighted by molar-refractivity contribution is 0.103. The van der Waals surface area contributed by atoms with Gasteiger partial charge < -0.3 is 0 Å². The number of halogens is 3. The molecule has 2 rings (SSSR count). The molecular formula is C14H9ClF2O. The van der Waals surface area contributed by atoms with Gasteiger partial charge in [0.15, 0.2) is 5.78 Å². The molecule has 1 nitrogen and oxygen atoms in total. The molecule has 92 valence electrons. The van der Waals surface area contributed by atoms with Crippen molar-refractivity contribution in [2.45, 2.75) is 6.92 Å². The van der Waals surface area contributed by atoms with Crippen LogP contribution in [0.5, 0.6) is 0 Å². The predicted molar refractivity (Wildman–Crippen MR) is 66.0 cm³/mol. The van der Waals surface area contributed by atoms with Crippen LogP contribution in [0.15, 0.2) is 36.4 Å². The second-order valence-electron chi connectivity index (χ2n) is 3.92. The first kappa shape index (κ1) is 12.7. The highest BCUT2D eigenvalue weighted by Gasteiger charge is 2.15. The van der Waals surface area contributed by atoms with E-state index in [0.29, 0.717) is 11.1 Å². The Morgan fingerprint density at radius 2 is 1.72 bits per heavy atom. The van der Waals surface area contributed by atoms with E-state index in [0.717, 1.165) is 17.7 Å². The monoisotopic (exact) mass is 266 g/mol. The molecule has 0 N–H and O–H groups in total. The van der Waals surface area contributed by atoms with Gasteiger partial charge in [-0.05, 0) is 30.7 Å². The molecular weight excluding hydrogens is 258 g/mol. The third kappa shape index (κ3) is 2.41. The number of ketones is 1. The molecule has 0 atom stereocenters. The van der Waals surface area contributed by atoms with Gasteiger partial charge in [-0.3, -0.25) is 4.79 Å². The zero-order chi connectivity index (χ0) is 13.3. The van der Waals surface area contributed by atoms with Crippen LogP contribution in [0.2, 0.25) is 5.02 Å². The number of hydrogen-bond donors (Lipinski definition) is 0. The van der Waals surface area contributed by atoms with Crippen LogP contribution in [0.3, 0.4) is 0 Å². The number of carbonyl (C=O) groups is 1. The zero-order valence-corrected chi connectivity index (χ0v) is 10.3. The van der Waals surface area contributed by atoms with E-state index in [1.807, 2.05) is 0 Å². The molecule has 0 radical (unpaired) electrons. The fourth-order valence-corrected chi connectivity index (χ4v) is 1.88. The number of carbonyl (C=O) groups excluding carboxylic acids is 1. The van der Waals surface area contributed by atoms with E-state index in [9.17, 15) is 13.6 Å². The van der Waals surface area contributed by atoms with Gasteiger partial charge in [0.2, 0.25) is 0 Å². The Bertz CT molecular complexity index is 603. The third-order valence-electron chi connectivity index (χ3n) is 2.56. The van der Waals surface area contributed by atoms with E-state index in [-0.39, 0.29) is 11.1 Å². The van der Waals surface area contributed by atoms with Crippen LogP contribution in [0.4, 0.5) is 8.78 Å². The first-order valence-corrected chi connectivity index (χ1v) is 5.63. The first-order chi connectivity index (χ1) is 8.49. The Morgan fingerprint density at radius 1 is 1.11 bits per heavy atom. The minimum Gasteiger partial charge on any atom is -0.289 e. The standard InChI is InChI=1S/C14H9ClF2O/c1-8-3-2-4-12(13(8)15)14(18)9-5-10(16)7-11(17)6-9/h2-7H,1H3. The Kier molecular flexibility index (Phi) is 3.43. The van der Waals surface area contributed by atoms with Gasteiger partial charge in [-0.2, -0.15) is 0 Å². The van der Waals surface area contributed by atoms with Gasteiger partial charge in [-0.25, -0.2) is 8.78 Å². The molecule has 0 aliphatic rings. The predicted octanol–water partition coefficient (Wildman–Crippen LogP) is 4.16. The molecule has 2 aromatic carbocycles. The van der Waals surface area contributed by atoms with E-state index >= 15 is 0 Å². The SMILES string of the molecule is Cc1cccc(C(=O)c2cc(F)cc(F)c2)c1Cl. The Balaban J connectivity index is 2.51. The van der Waals surface area contributed by atoms with Gasteiger partial charge in [0, 0.05) is 17.2 Å². The van der Waals surface area contributed by atoms with Gasteiger partial charge in [0.25, 0.3) is 0 Å². The van der Waals surface area contributed by atoms with E-state index < -0.39 is 17.4 Å². The van der Waals surface area contributed by atoms with Crippen molar-refractivity contribution in [3.8, 4) is 0 Å². The second kappa shape index (κ2) is 4.86. The van der Waals surface area contributed by atoms with Crippen LogP contribution in [-0.2, 0) is 0 Å². The minimum atomic E-state index is -0.790. The molecule has 0 saturated carbocycles. The van der Waals surface area contributed by atoms with Gasteiger partial charge in [-0.1, -0.05) is 23.7 Å². The van der Waals surface area contributed by atoms with Crippen LogP contribution in [-0.4, -0.2) is 5.78 Å². The molecule has 0 spiro atoms. The summed E-state index contributed by atoms with van der Waals surface area (Å²) < 4.78 is 26.1. The maximum Gasteiger partial charge on any atom is 0.194 e. The summed E-state index contributed by atoms with van der Waals surface area (Å²) in [6, 6.07) is 7.65. The average molecular weight is 267 g/mol. The minimum absolute atomic E-state index is 0.0556. The van der Waals surface area contributed by atoms with Crippen molar-refractivity contribution < 1.29 is 13.6 Å². The molecule has 0 aliphatic heterocycles. The number of benzene rings is 2. The van der Waals surface area contributed by atoms with Crippen molar-refractivity contribution in [3.63, 3.8) is 0 Å². The average Bonchev–Trinajstić information content (AvgIpc) is 2.30. The van der Waals surface area contributed by atoms with Gasteiger partial charge in [0.05, 0.1) is 5.02 Å². The van der Waals surface area contributed by atoms with Crippen molar-refractivity contribution in [3.05, 3.63) is 69.7 Å². The maximum atomic E-state index is 13.1. The Labute approximate surface area is 108 Å². The van der Waals surface area contributed by atoms with Crippen molar-refractivity contribution in [1.82, 2.24) is 0 Å². The van der Waals surface area contributed by atoms with Gasteiger partial charge in [-0.15, -0.1) is 0 Å². The van der Waals surface area contributed by atoms with E-state index in [2.05, 4.69) is 0 Å². The van der Waals surface area contributed by atoms with E-state index in [4.69, 9.17) is 11.6 Å². The fourth-order valence-electron chi connectivity index (χ4n) is 1.66. The summed E-state index contributed by atoms with van der Waals surface area (Å²) in [4.78, 5) is 12.1. The summed E-state index contributed by atoms with van der Waals surface area (Å²) in [6.07, 6.45) is 0. The quantitative estimate of drug-likeness (QED) is 0.746. The highest BCUT2D eigenvalue weighted by molar-refractivity contribution is 6.35. The van der Waals surface area contributed by atoms with Crippen molar-refractivity contribution in [2.75, 3.05) is 0 Å². The smallest absolute Gasteiger partial charge is 0.194 e. The Hall–Kier alpha value is -1.74. The summed E-state index contributed by atoms with van der Waals surface area (Å²) in [7, 11) is 0. The lowest BCUT2D eigenvalue weighted by Crippen LogP contribution is -2.04. The van der Waals surface area contributed by atoms with Gasteiger partial charge in [0.1, 0.15) is 11.6 Å². The summed E-state index contributed by atoms with van der Waals surface area (Å²) in [5, 5.41) is 0.298. The normalized spacial score (nSPS) is 10.4.